The Hall–Kier alpha value is -0.230. The summed E-state index contributed by atoms with van der Waals surface area (Å²) in [5.41, 5.74) is 5.98. The molecule has 0 fully saturated rings. The van der Waals surface area contributed by atoms with Crippen LogP contribution < -0.4 is 10.0 Å². The van der Waals surface area contributed by atoms with Gasteiger partial charge in [-0.15, -0.1) is 11.3 Å². The van der Waals surface area contributed by atoms with Gasteiger partial charge in [-0.2, -0.15) is 0 Å². The molecular weight excluding hydrogens is 216 g/mol. The molecule has 0 radical (unpaired) electrons. The third-order valence-electron chi connectivity index (χ3n) is 1.31. The zero-order valence-corrected chi connectivity index (χ0v) is 8.49. The first-order chi connectivity index (χ1) is 5.70. The number of hydrogen-bond donors (Lipinski definition) is 2. The second-order valence-corrected chi connectivity index (χ2v) is 3.79. The summed E-state index contributed by atoms with van der Waals surface area (Å²) < 4.78 is 1.12. The van der Waals surface area contributed by atoms with Crippen molar-refractivity contribution in [1.82, 2.24) is 0 Å². The zero-order chi connectivity index (χ0) is 9.14. The van der Waals surface area contributed by atoms with Crippen molar-refractivity contribution in [2.75, 3.05) is 4.31 Å². The van der Waals surface area contributed by atoms with Gasteiger partial charge >= 0.3 is 0 Å². The number of amides is 1. The van der Waals surface area contributed by atoms with Crippen LogP contribution in [0.1, 0.15) is 4.88 Å². The summed E-state index contributed by atoms with van der Waals surface area (Å²) in [7, 11) is 0. The molecule has 0 unspecified atom stereocenters. The number of hydrogen-bond acceptors (Lipinski definition) is 4. The number of rotatable bonds is 3. The number of anilines is 1. The van der Waals surface area contributed by atoms with E-state index in [1.54, 1.807) is 5.38 Å². The van der Waals surface area contributed by atoms with Gasteiger partial charge in [-0.1, -0.05) is 24.4 Å². The van der Waals surface area contributed by atoms with E-state index < -0.39 is 0 Å². The predicted molar refractivity (Wildman–Crippen MR) is 54.7 cm³/mol. The normalized spacial score (nSPS) is 9.92. The molecule has 12 heavy (non-hydrogen) atoms. The highest BCUT2D eigenvalue weighted by atomic mass is 35.5. The Balaban J connectivity index is 3.01. The van der Waals surface area contributed by atoms with Crippen LogP contribution in [-0.4, -0.2) is 6.41 Å². The summed E-state index contributed by atoms with van der Waals surface area (Å²) in [6.45, 7) is 0.379. The third-order valence-corrected chi connectivity index (χ3v) is 3.15. The molecule has 0 aliphatic heterocycles. The lowest BCUT2D eigenvalue weighted by Gasteiger charge is -2.06. The monoisotopic (exact) mass is 222 g/mol. The van der Waals surface area contributed by atoms with E-state index in [9.17, 15) is 4.79 Å². The molecule has 1 amide bonds. The lowest BCUT2D eigenvalue weighted by molar-refractivity contribution is -0.106. The summed E-state index contributed by atoms with van der Waals surface area (Å²) in [5, 5.41) is 2.25. The van der Waals surface area contributed by atoms with Gasteiger partial charge in [0, 0.05) is 16.8 Å². The van der Waals surface area contributed by atoms with Gasteiger partial charge in [-0.05, 0) is 0 Å². The van der Waals surface area contributed by atoms with Crippen molar-refractivity contribution in [2.45, 2.75) is 6.54 Å². The van der Waals surface area contributed by atoms with Crippen molar-refractivity contribution in [1.29, 1.82) is 0 Å². The van der Waals surface area contributed by atoms with E-state index in [1.807, 2.05) is 0 Å². The Bertz CT molecular complexity index is 289. The number of carbonyl (C=O) groups is 1. The molecule has 0 aliphatic rings. The van der Waals surface area contributed by atoms with Crippen LogP contribution in [0.15, 0.2) is 5.38 Å². The van der Waals surface area contributed by atoms with Crippen LogP contribution in [0.25, 0.3) is 0 Å². The van der Waals surface area contributed by atoms with Crippen molar-refractivity contribution in [2.24, 2.45) is 5.73 Å². The summed E-state index contributed by atoms with van der Waals surface area (Å²) >= 11 is 11.2. The molecule has 0 aromatic carbocycles. The Morgan fingerprint density at radius 3 is 2.92 bits per heavy atom. The van der Waals surface area contributed by atoms with Crippen molar-refractivity contribution in [3.8, 4) is 0 Å². The molecule has 0 saturated carbocycles. The minimum Gasteiger partial charge on any atom is -0.326 e. The average Bonchev–Trinajstić information content (AvgIpc) is 2.45. The molecule has 66 valence electrons. The van der Waals surface area contributed by atoms with Crippen LogP contribution in [-0.2, 0) is 11.3 Å². The second kappa shape index (κ2) is 4.13. The molecule has 1 aromatic heterocycles. The largest absolute Gasteiger partial charge is 0.326 e. The molecule has 2 N–H and O–H groups in total. The number of halogens is 1. The molecule has 1 heterocycles. The zero-order valence-electron chi connectivity index (χ0n) is 6.03. The number of nitrogens with two attached hydrogens (primary N) is 1. The third kappa shape index (κ3) is 1.74. The second-order valence-electron chi connectivity index (χ2n) is 2.01. The number of thiol groups is 1. The standard InChI is InChI=1S/C6H7ClN2OS2/c7-6-4(9(11)3-10)2-12-5(6)1-8/h2-3,11H,1,8H2. The van der Waals surface area contributed by atoms with Crippen LogP contribution in [0.3, 0.4) is 0 Å². The molecule has 0 spiro atoms. The number of carbonyl (C=O) groups excluding carboxylic acids is 1. The Morgan fingerprint density at radius 2 is 2.50 bits per heavy atom. The fourth-order valence-electron chi connectivity index (χ4n) is 0.722. The maximum Gasteiger partial charge on any atom is 0.224 e. The van der Waals surface area contributed by atoms with E-state index in [-0.39, 0.29) is 0 Å². The first kappa shape index (κ1) is 9.85. The quantitative estimate of drug-likeness (QED) is 0.604. The van der Waals surface area contributed by atoms with Crippen molar-refractivity contribution in [3.05, 3.63) is 15.3 Å². The lowest BCUT2D eigenvalue weighted by Crippen LogP contribution is -2.05. The first-order valence-corrected chi connectivity index (χ1v) is 4.75. The highest BCUT2D eigenvalue weighted by molar-refractivity contribution is 7.82. The molecule has 0 aliphatic carbocycles. The highest BCUT2D eigenvalue weighted by Crippen LogP contribution is 2.34. The summed E-state index contributed by atoms with van der Waals surface area (Å²) in [6.07, 6.45) is 0.581. The van der Waals surface area contributed by atoms with Crippen LogP contribution in [0.4, 0.5) is 5.69 Å². The number of nitrogens with zero attached hydrogens (tertiary/aromatic N) is 1. The van der Waals surface area contributed by atoms with Gasteiger partial charge < -0.3 is 5.73 Å². The smallest absolute Gasteiger partial charge is 0.224 e. The van der Waals surface area contributed by atoms with E-state index in [2.05, 4.69) is 12.8 Å². The molecule has 1 aromatic rings. The molecule has 0 bridgehead atoms. The molecule has 3 nitrogen and oxygen atoms in total. The maximum absolute atomic E-state index is 10.3. The van der Waals surface area contributed by atoms with Gasteiger partial charge in [0.15, 0.2) is 0 Å². The minimum absolute atomic E-state index is 0.379. The topological polar surface area (TPSA) is 46.3 Å². The Labute approximate surface area is 84.7 Å². The predicted octanol–water partition coefficient (Wildman–Crippen LogP) is 1.67. The Kier molecular flexibility index (Phi) is 3.39. The van der Waals surface area contributed by atoms with E-state index in [0.717, 1.165) is 9.18 Å². The lowest BCUT2D eigenvalue weighted by atomic mass is 10.4. The molecular formula is C6H7ClN2OS2. The minimum atomic E-state index is 0.379. The van der Waals surface area contributed by atoms with Crippen LogP contribution in [0.5, 0.6) is 0 Å². The van der Waals surface area contributed by atoms with Gasteiger partial charge in [-0.3, -0.25) is 9.10 Å². The van der Waals surface area contributed by atoms with Crippen molar-refractivity contribution in [3.63, 3.8) is 0 Å². The SMILES string of the molecule is NCc1scc(N(S)C=O)c1Cl. The van der Waals surface area contributed by atoms with Crippen molar-refractivity contribution < 1.29 is 4.79 Å². The van der Waals surface area contributed by atoms with E-state index >= 15 is 0 Å². The van der Waals surface area contributed by atoms with Gasteiger partial charge in [-0.25, -0.2) is 0 Å². The summed E-state index contributed by atoms with van der Waals surface area (Å²) in [5.74, 6) is 0. The van der Waals surface area contributed by atoms with Gasteiger partial charge in [0.2, 0.25) is 6.41 Å². The van der Waals surface area contributed by atoms with E-state index in [0.29, 0.717) is 23.7 Å². The summed E-state index contributed by atoms with van der Waals surface area (Å²) in [6, 6.07) is 0. The molecule has 1 rings (SSSR count). The van der Waals surface area contributed by atoms with E-state index in [1.165, 1.54) is 11.3 Å². The van der Waals surface area contributed by atoms with Crippen LogP contribution in [0, 0.1) is 0 Å². The fraction of sp³-hybridized carbons (Fsp3) is 0.167. The maximum atomic E-state index is 10.3. The van der Waals surface area contributed by atoms with Gasteiger partial charge in [0.25, 0.3) is 0 Å². The first-order valence-electron chi connectivity index (χ1n) is 3.10. The van der Waals surface area contributed by atoms with Gasteiger partial charge in [0.1, 0.15) is 0 Å². The van der Waals surface area contributed by atoms with Gasteiger partial charge in [0.05, 0.1) is 10.7 Å². The van der Waals surface area contributed by atoms with Crippen LogP contribution >= 0.6 is 35.8 Å². The number of thiophene rings is 1. The molecule has 0 saturated heterocycles. The highest BCUT2D eigenvalue weighted by Gasteiger charge is 2.11. The van der Waals surface area contributed by atoms with E-state index in [4.69, 9.17) is 17.3 Å². The average molecular weight is 223 g/mol. The summed E-state index contributed by atoms with van der Waals surface area (Å²) in [4.78, 5) is 11.2. The molecule has 0 atom stereocenters. The van der Waals surface area contributed by atoms with Crippen LogP contribution in [0.2, 0.25) is 5.02 Å². The fourth-order valence-corrected chi connectivity index (χ4v) is 2.23. The van der Waals surface area contributed by atoms with Crippen molar-refractivity contribution >= 4 is 47.9 Å². The molecule has 6 heteroatoms. The Morgan fingerprint density at radius 1 is 1.83 bits per heavy atom.